The lowest BCUT2D eigenvalue weighted by Gasteiger charge is -2.23. The van der Waals surface area contributed by atoms with Gasteiger partial charge in [0, 0.05) is 6.04 Å². The quantitative estimate of drug-likeness (QED) is 0.770. The zero-order chi connectivity index (χ0) is 11.4. The summed E-state index contributed by atoms with van der Waals surface area (Å²) in [5.74, 6) is 0.551. The minimum absolute atomic E-state index is 0.356. The first kappa shape index (κ1) is 12.4. The van der Waals surface area contributed by atoms with Crippen molar-refractivity contribution in [2.75, 3.05) is 0 Å². The first-order valence-corrected chi connectivity index (χ1v) is 6.12. The molecule has 0 aliphatic heterocycles. The summed E-state index contributed by atoms with van der Waals surface area (Å²) in [4.78, 5) is 15.1. The van der Waals surface area contributed by atoms with E-state index in [1.54, 1.807) is 6.33 Å². The molecule has 2 atom stereocenters. The Labute approximate surface area is 99.0 Å². The second kappa shape index (κ2) is 5.45. The van der Waals surface area contributed by atoms with Gasteiger partial charge in [-0.1, -0.05) is 27.2 Å². The van der Waals surface area contributed by atoms with E-state index in [1.165, 1.54) is 0 Å². The molecule has 0 amide bonds. The van der Waals surface area contributed by atoms with Gasteiger partial charge in [-0.25, -0.2) is 4.98 Å². The van der Waals surface area contributed by atoms with Gasteiger partial charge >= 0.3 is 0 Å². The highest BCUT2D eigenvalue weighted by molar-refractivity contribution is 9.10. The van der Waals surface area contributed by atoms with Crippen LogP contribution in [0.4, 0.5) is 0 Å². The number of hydrogen-bond donors (Lipinski definition) is 0. The molecular formula is C11H17BrN2O. The van der Waals surface area contributed by atoms with Gasteiger partial charge in [-0.2, -0.15) is 0 Å². The maximum Gasteiger partial charge on any atom is 0.169 e. The van der Waals surface area contributed by atoms with Crippen molar-refractivity contribution in [1.29, 1.82) is 0 Å². The fraction of sp³-hybridized carbons (Fsp3) is 0.636. The van der Waals surface area contributed by atoms with Crippen molar-refractivity contribution in [2.45, 2.75) is 39.7 Å². The summed E-state index contributed by atoms with van der Waals surface area (Å²) in [6.07, 6.45) is 4.72. The van der Waals surface area contributed by atoms with E-state index in [0.717, 1.165) is 19.1 Å². The van der Waals surface area contributed by atoms with Crippen LogP contribution in [0.5, 0.6) is 0 Å². The number of nitrogens with zero attached hydrogens (tertiary/aromatic N) is 2. The standard InChI is InChI=1S/C11H17BrN2O/c1-4-8(3)9(5-2)14-7-13-11(12)10(14)6-15/h6-9H,4-5H2,1-3H3. The van der Waals surface area contributed by atoms with E-state index in [-0.39, 0.29) is 0 Å². The fourth-order valence-electron chi connectivity index (χ4n) is 1.87. The zero-order valence-corrected chi connectivity index (χ0v) is 11.0. The van der Waals surface area contributed by atoms with Gasteiger partial charge in [-0.15, -0.1) is 0 Å². The Morgan fingerprint density at radius 1 is 1.53 bits per heavy atom. The summed E-state index contributed by atoms with van der Waals surface area (Å²) in [7, 11) is 0. The average molecular weight is 273 g/mol. The molecule has 0 saturated carbocycles. The first-order valence-electron chi connectivity index (χ1n) is 5.33. The molecule has 1 aromatic rings. The highest BCUT2D eigenvalue weighted by atomic mass is 79.9. The summed E-state index contributed by atoms with van der Waals surface area (Å²) in [5, 5.41) is 0. The molecule has 1 aromatic heterocycles. The molecule has 3 nitrogen and oxygen atoms in total. The Bertz CT molecular complexity index is 335. The van der Waals surface area contributed by atoms with Crippen LogP contribution in [0.3, 0.4) is 0 Å². The smallest absolute Gasteiger partial charge is 0.169 e. The highest BCUT2D eigenvalue weighted by Gasteiger charge is 2.19. The highest BCUT2D eigenvalue weighted by Crippen LogP contribution is 2.27. The minimum atomic E-state index is 0.356. The number of rotatable bonds is 5. The normalized spacial score (nSPS) is 14.9. The van der Waals surface area contributed by atoms with Gasteiger partial charge in [0.2, 0.25) is 0 Å². The van der Waals surface area contributed by atoms with E-state index in [1.807, 2.05) is 4.57 Å². The molecule has 1 heterocycles. The van der Waals surface area contributed by atoms with Crippen LogP contribution < -0.4 is 0 Å². The molecule has 2 unspecified atom stereocenters. The Morgan fingerprint density at radius 2 is 2.20 bits per heavy atom. The Balaban J connectivity index is 3.06. The predicted molar refractivity (Wildman–Crippen MR) is 64.1 cm³/mol. The van der Waals surface area contributed by atoms with E-state index in [2.05, 4.69) is 41.7 Å². The van der Waals surface area contributed by atoms with Crippen LogP contribution in [0.25, 0.3) is 0 Å². The Hall–Kier alpha value is -0.640. The van der Waals surface area contributed by atoms with Crippen molar-refractivity contribution in [1.82, 2.24) is 9.55 Å². The van der Waals surface area contributed by atoms with Gasteiger partial charge in [0.1, 0.15) is 10.3 Å². The molecule has 0 saturated heterocycles. The SMILES string of the molecule is CCC(C)C(CC)n1cnc(Br)c1C=O. The van der Waals surface area contributed by atoms with E-state index in [0.29, 0.717) is 22.3 Å². The zero-order valence-electron chi connectivity index (χ0n) is 9.40. The largest absolute Gasteiger partial charge is 0.324 e. The third-order valence-corrected chi connectivity index (χ3v) is 3.58. The van der Waals surface area contributed by atoms with Crippen molar-refractivity contribution in [2.24, 2.45) is 5.92 Å². The monoisotopic (exact) mass is 272 g/mol. The lowest BCUT2D eigenvalue weighted by atomic mass is 9.96. The van der Waals surface area contributed by atoms with Crippen LogP contribution in [0, 0.1) is 5.92 Å². The molecule has 0 bridgehead atoms. The summed E-state index contributed by atoms with van der Waals surface area (Å²) in [6.45, 7) is 6.51. The molecule has 0 spiro atoms. The van der Waals surface area contributed by atoms with Gasteiger partial charge < -0.3 is 4.57 Å². The van der Waals surface area contributed by atoms with E-state index in [4.69, 9.17) is 0 Å². The van der Waals surface area contributed by atoms with Gasteiger partial charge in [-0.05, 0) is 28.3 Å². The maximum absolute atomic E-state index is 10.9. The molecule has 0 fully saturated rings. The van der Waals surface area contributed by atoms with Crippen LogP contribution in [0.15, 0.2) is 10.9 Å². The summed E-state index contributed by atoms with van der Waals surface area (Å²) in [5.41, 5.74) is 0.641. The van der Waals surface area contributed by atoms with Crippen LogP contribution in [0.1, 0.15) is 50.1 Å². The number of carbonyl (C=O) groups is 1. The van der Waals surface area contributed by atoms with Gasteiger partial charge in [0.05, 0.1) is 6.33 Å². The van der Waals surface area contributed by atoms with E-state index >= 15 is 0 Å². The average Bonchev–Trinajstić information content (AvgIpc) is 2.60. The van der Waals surface area contributed by atoms with E-state index in [9.17, 15) is 4.79 Å². The molecule has 1 rings (SSSR count). The molecule has 4 heteroatoms. The van der Waals surface area contributed by atoms with E-state index < -0.39 is 0 Å². The second-order valence-corrected chi connectivity index (χ2v) is 4.56. The third-order valence-electron chi connectivity index (χ3n) is 2.97. The van der Waals surface area contributed by atoms with Crippen molar-refractivity contribution >= 4 is 22.2 Å². The van der Waals surface area contributed by atoms with Gasteiger partial charge in [-0.3, -0.25) is 4.79 Å². The maximum atomic E-state index is 10.9. The summed E-state index contributed by atoms with van der Waals surface area (Å²) >= 11 is 3.28. The topological polar surface area (TPSA) is 34.9 Å². The van der Waals surface area contributed by atoms with Crippen LogP contribution in [-0.2, 0) is 0 Å². The van der Waals surface area contributed by atoms with Crippen LogP contribution in [-0.4, -0.2) is 15.8 Å². The van der Waals surface area contributed by atoms with Crippen molar-refractivity contribution in [3.8, 4) is 0 Å². The fourth-order valence-corrected chi connectivity index (χ4v) is 2.26. The molecule has 84 valence electrons. The Kier molecular flexibility index (Phi) is 4.51. The van der Waals surface area contributed by atoms with Gasteiger partial charge in [0.15, 0.2) is 6.29 Å². The molecule has 0 aliphatic rings. The number of carbonyl (C=O) groups excluding carboxylic acids is 1. The summed E-state index contributed by atoms with van der Waals surface area (Å²) < 4.78 is 2.62. The molecular weight excluding hydrogens is 256 g/mol. The lowest BCUT2D eigenvalue weighted by molar-refractivity contribution is 0.111. The van der Waals surface area contributed by atoms with Crippen molar-refractivity contribution < 1.29 is 4.79 Å². The number of aldehydes is 1. The lowest BCUT2D eigenvalue weighted by Crippen LogP contribution is -2.17. The first-order chi connectivity index (χ1) is 7.15. The number of aromatic nitrogens is 2. The molecule has 15 heavy (non-hydrogen) atoms. The van der Waals surface area contributed by atoms with Gasteiger partial charge in [0.25, 0.3) is 0 Å². The predicted octanol–water partition coefficient (Wildman–Crippen LogP) is 3.46. The minimum Gasteiger partial charge on any atom is -0.324 e. The Morgan fingerprint density at radius 3 is 2.67 bits per heavy atom. The third kappa shape index (κ3) is 2.48. The van der Waals surface area contributed by atoms with Crippen LogP contribution in [0.2, 0.25) is 0 Å². The molecule has 0 aromatic carbocycles. The number of halogens is 1. The molecule has 0 N–H and O–H groups in total. The summed E-state index contributed by atoms with van der Waals surface area (Å²) in [6, 6.07) is 0.356. The van der Waals surface area contributed by atoms with Crippen molar-refractivity contribution in [3.05, 3.63) is 16.6 Å². The van der Waals surface area contributed by atoms with Crippen molar-refractivity contribution in [3.63, 3.8) is 0 Å². The second-order valence-electron chi connectivity index (χ2n) is 3.81. The number of hydrogen-bond acceptors (Lipinski definition) is 2. The number of imidazole rings is 1. The van der Waals surface area contributed by atoms with Crippen LogP contribution >= 0.6 is 15.9 Å². The molecule has 0 aliphatic carbocycles. The molecule has 0 radical (unpaired) electrons.